The molecule has 0 spiro atoms. The van der Waals surface area contributed by atoms with Gasteiger partial charge in [-0.2, -0.15) is 0 Å². The van der Waals surface area contributed by atoms with Gasteiger partial charge in [0.25, 0.3) is 0 Å². The fraction of sp³-hybridized carbons (Fsp3) is 0.350. The Labute approximate surface area is 160 Å². The van der Waals surface area contributed by atoms with Crippen molar-refractivity contribution in [2.24, 2.45) is 0 Å². The number of nitrogens with zero attached hydrogens (tertiary/aromatic N) is 1. The van der Waals surface area contributed by atoms with Gasteiger partial charge in [-0.15, -0.1) is 0 Å². The first kappa shape index (κ1) is 19.4. The highest BCUT2D eigenvalue weighted by molar-refractivity contribution is 7.88. The number of nitrogens with one attached hydrogen (secondary N) is 1. The highest BCUT2D eigenvalue weighted by atomic mass is 32.2. The van der Waals surface area contributed by atoms with Gasteiger partial charge in [0.05, 0.1) is 12.3 Å². The maximum atomic E-state index is 12.3. The van der Waals surface area contributed by atoms with Crippen molar-refractivity contribution in [3.05, 3.63) is 64.7 Å². The van der Waals surface area contributed by atoms with Gasteiger partial charge >= 0.3 is 6.09 Å². The number of aryl methyl sites for hydroxylation is 3. The predicted octanol–water partition coefficient (Wildman–Crippen LogP) is 3.06. The lowest BCUT2D eigenvalue weighted by molar-refractivity contribution is 0.143. The summed E-state index contributed by atoms with van der Waals surface area (Å²) in [5.41, 5.74) is 4.78. The lowest BCUT2D eigenvalue weighted by atomic mass is 10.1. The minimum absolute atomic E-state index is 0.0568. The Kier molecular flexibility index (Phi) is 5.53. The van der Waals surface area contributed by atoms with E-state index in [-0.39, 0.29) is 12.3 Å². The van der Waals surface area contributed by atoms with Crippen LogP contribution in [-0.2, 0) is 20.5 Å². The van der Waals surface area contributed by atoms with Crippen LogP contribution in [0, 0.1) is 20.8 Å². The first-order valence-electron chi connectivity index (χ1n) is 8.82. The second-order valence-electron chi connectivity index (χ2n) is 6.98. The van der Waals surface area contributed by atoms with Crippen LogP contribution in [0.15, 0.2) is 42.5 Å². The number of benzene rings is 2. The SMILES string of the molecule is Cc1ccc(CS(=O)(=O)NCC2CN(c3ccc(C)c(C)c3)C(=O)O2)cc1. The van der Waals surface area contributed by atoms with E-state index in [2.05, 4.69) is 4.72 Å². The molecule has 7 heteroatoms. The molecule has 1 N–H and O–H groups in total. The summed E-state index contributed by atoms with van der Waals surface area (Å²) < 4.78 is 32.4. The molecule has 3 rings (SSSR count). The van der Waals surface area contributed by atoms with E-state index in [9.17, 15) is 13.2 Å². The molecule has 0 bridgehead atoms. The highest BCUT2D eigenvalue weighted by Gasteiger charge is 2.33. The summed E-state index contributed by atoms with van der Waals surface area (Å²) in [6, 6.07) is 13.1. The number of hydrogen-bond donors (Lipinski definition) is 1. The summed E-state index contributed by atoms with van der Waals surface area (Å²) in [7, 11) is -3.51. The molecule has 0 aromatic heterocycles. The number of hydrogen-bond acceptors (Lipinski definition) is 4. The van der Waals surface area contributed by atoms with Gasteiger partial charge < -0.3 is 4.74 Å². The molecule has 1 aliphatic rings. The Hall–Kier alpha value is -2.38. The molecule has 1 heterocycles. The molecule has 0 radical (unpaired) electrons. The number of sulfonamides is 1. The average molecular weight is 388 g/mol. The van der Waals surface area contributed by atoms with Gasteiger partial charge in [0.2, 0.25) is 10.0 Å². The third-order valence-corrected chi connectivity index (χ3v) is 6.00. The standard InChI is InChI=1S/C20H24N2O4S/c1-14-4-7-17(8-5-14)13-27(24,25)21-11-19-12-22(20(23)26-19)18-9-6-15(2)16(3)10-18/h4-10,19,21H,11-13H2,1-3H3. The van der Waals surface area contributed by atoms with Crippen LogP contribution >= 0.6 is 0 Å². The van der Waals surface area contributed by atoms with Gasteiger partial charge in [0.15, 0.2) is 0 Å². The maximum Gasteiger partial charge on any atom is 0.414 e. The van der Waals surface area contributed by atoms with E-state index < -0.39 is 22.2 Å². The van der Waals surface area contributed by atoms with Crippen LogP contribution in [0.2, 0.25) is 0 Å². The van der Waals surface area contributed by atoms with Crippen molar-refractivity contribution in [2.45, 2.75) is 32.6 Å². The van der Waals surface area contributed by atoms with Gasteiger partial charge in [-0.05, 0) is 49.6 Å². The number of cyclic esters (lactones) is 1. The smallest absolute Gasteiger partial charge is 0.414 e. The van der Waals surface area contributed by atoms with Gasteiger partial charge in [0.1, 0.15) is 6.10 Å². The Morgan fingerprint density at radius 2 is 1.78 bits per heavy atom. The fourth-order valence-corrected chi connectivity index (χ4v) is 4.08. The van der Waals surface area contributed by atoms with Crippen molar-refractivity contribution in [1.82, 2.24) is 4.72 Å². The molecule has 2 aromatic carbocycles. The van der Waals surface area contributed by atoms with Gasteiger partial charge in [-0.1, -0.05) is 35.9 Å². The molecule has 1 saturated heterocycles. The van der Waals surface area contributed by atoms with Gasteiger partial charge in [-0.25, -0.2) is 17.9 Å². The third kappa shape index (κ3) is 4.87. The molecule has 2 aromatic rings. The normalized spacial score (nSPS) is 17.2. The van der Waals surface area contributed by atoms with Crippen molar-refractivity contribution in [3.63, 3.8) is 0 Å². The zero-order valence-electron chi connectivity index (χ0n) is 15.7. The average Bonchev–Trinajstić information content (AvgIpc) is 2.98. The predicted molar refractivity (Wildman–Crippen MR) is 105 cm³/mol. The minimum Gasteiger partial charge on any atom is -0.443 e. The Morgan fingerprint density at radius 1 is 1.07 bits per heavy atom. The zero-order chi connectivity index (χ0) is 19.6. The lowest BCUT2D eigenvalue weighted by Gasteiger charge is -2.14. The van der Waals surface area contributed by atoms with Crippen LogP contribution in [0.5, 0.6) is 0 Å². The molecule has 1 atom stereocenters. The van der Waals surface area contributed by atoms with E-state index >= 15 is 0 Å². The van der Waals surface area contributed by atoms with E-state index in [1.54, 1.807) is 12.1 Å². The van der Waals surface area contributed by atoms with Crippen LogP contribution in [0.1, 0.15) is 22.3 Å². The second-order valence-corrected chi connectivity index (χ2v) is 8.78. The molecule has 0 saturated carbocycles. The summed E-state index contributed by atoms with van der Waals surface area (Å²) in [5, 5.41) is 0. The molecule has 6 nitrogen and oxygen atoms in total. The van der Waals surface area contributed by atoms with E-state index in [1.807, 2.05) is 51.1 Å². The third-order valence-electron chi connectivity index (χ3n) is 4.68. The fourth-order valence-electron chi connectivity index (χ4n) is 2.91. The Morgan fingerprint density at radius 3 is 2.44 bits per heavy atom. The van der Waals surface area contributed by atoms with Crippen molar-refractivity contribution < 1.29 is 17.9 Å². The van der Waals surface area contributed by atoms with Crippen LogP contribution in [0.25, 0.3) is 0 Å². The Bertz CT molecular complexity index is 939. The summed E-state index contributed by atoms with van der Waals surface area (Å²) in [5.74, 6) is -0.102. The van der Waals surface area contributed by atoms with Gasteiger partial charge in [0, 0.05) is 12.2 Å². The monoisotopic (exact) mass is 388 g/mol. The van der Waals surface area contributed by atoms with E-state index in [1.165, 1.54) is 4.90 Å². The number of ether oxygens (including phenoxy) is 1. The lowest BCUT2D eigenvalue weighted by Crippen LogP contribution is -2.35. The molecule has 144 valence electrons. The molecule has 1 fully saturated rings. The number of rotatable bonds is 6. The topological polar surface area (TPSA) is 75.7 Å². The van der Waals surface area contributed by atoms with Crippen molar-refractivity contribution in [2.75, 3.05) is 18.0 Å². The number of amides is 1. The van der Waals surface area contributed by atoms with Gasteiger partial charge in [-0.3, -0.25) is 4.90 Å². The summed E-state index contributed by atoms with van der Waals surface area (Å²) in [6.07, 6.45) is -0.979. The van der Waals surface area contributed by atoms with Crippen molar-refractivity contribution in [3.8, 4) is 0 Å². The van der Waals surface area contributed by atoms with E-state index in [0.29, 0.717) is 12.1 Å². The maximum absolute atomic E-state index is 12.3. The number of anilines is 1. The first-order chi connectivity index (χ1) is 12.7. The molecule has 1 unspecified atom stereocenters. The van der Waals surface area contributed by atoms with Crippen LogP contribution in [0.3, 0.4) is 0 Å². The molecule has 0 aliphatic carbocycles. The van der Waals surface area contributed by atoms with Crippen molar-refractivity contribution in [1.29, 1.82) is 0 Å². The minimum atomic E-state index is -3.51. The first-order valence-corrected chi connectivity index (χ1v) is 10.5. The number of carbonyl (C=O) groups excluding carboxylic acids is 1. The second kappa shape index (κ2) is 7.70. The van der Waals surface area contributed by atoms with Crippen LogP contribution < -0.4 is 9.62 Å². The molecular weight excluding hydrogens is 364 g/mol. The largest absolute Gasteiger partial charge is 0.443 e. The van der Waals surface area contributed by atoms with Crippen LogP contribution in [0.4, 0.5) is 10.5 Å². The van der Waals surface area contributed by atoms with E-state index in [4.69, 9.17) is 4.74 Å². The summed E-state index contributed by atoms with van der Waals surface area (Å²) >= 11 is 0. The molecule has 27 heavy (non-hydrogen) atoms. The quantitative estimate of drug-likeness (QED) is 0.825. The number of carbonyl (C=O) groups is 1. The zero-order valence-corrected chi connectivity index (χ0v) is 16.5. The van der Waals surface area contributed by atoms with Crippen molar-refractivity contribution >= 4 is 21.8 Å². The van der Waals surface area contributed by atoms with Crippen LogP contribution in [-0.4, -0.2) is 33.7 Å². The molecule has 1 amide bonds. The molecular formula is C20H24N2O4S. The van der Waals surface area contributed by atoms with E-state index in [0.717, 1.165) is 22.4 Å². The Balaban J connectivity index is 1.59. The summed E-state index contributed by atoms with van der Waals surface area (Å²) in [6.45, 7) is 6.31. The highest BCUT2D eigenvalue weighted by Crippen LogP contribution is 2.24. The summed E-state index contributed by atoms with van der Waals surface area (Å²) in [4.78, 5) is 13.7. The molecule has 1 aliphatic heterocycles.